The van der Waals surface area contributed by atoms with E-state index in [0.717, 1.165) is 13.1 Å². The molecule has 0 spiro atoms. The number of aromatic nitrogens is 1. The molecule has 2 rings (SSSR count). The molecule has 0 radical (unpaired) electrons. The van der Waals surface area contributed by atoms with Gasteiger partial charge in [-0.3, -0.25) is 4.98 Å². The average molecular weight is 233 g/mol. The minimum Gasteiger partial charge on any atom is -0.364 e. The Bertz CT molecular complexity index is 325. The molecule has 0 aliphatic carbocycles. The van der Waals surface area contributed by atoms with Crippen LogP contribution in [0, 0.1) is 0 Å². The molecule has 17 heavy (non-hydrogen) atoms. The third kappa shape index (κ3) is 2.97. The van der Waals surface area contributed by atoms with E-state index >= 15 is 0 Å². The summed E-state index contributed by atoms with van der Waals surface area (Å²) in [6.45, 7) is 6.71. The van der Waals surface area contributed by atoms with Crippen molar-refractivity contribution in [3.05, 3.63) is 24.5 Å². The normalized spacial score (nSPS) is 24.9. The maximum absolute atomic E-state index is 4.24. The van der Waals surface area contributed by atoms with E-state index in [1.54, 1.807) is 0 Å². The third-order valence-corrected chi connectivity index (χ3v) is 3.59. The van der Waals surface area contributed by atoms with E-state index in [1.165, 1.54) is 24.9 Å². The average Bonchev–Trinajstić information content (AvgIpc) is 2.40. The van der Waals surface area contributed by atoms with Crippen molar-refractivity contribution in [3.63, 3.8) is 0 Å². The molecule has 1 fully saturated rings. The summed E-state index contributed by atoms with van der Waals surface area (Å²) in [4.78, 5) is 6.76. The van der Waals surface area contributed by atoms with E-state index in [9.17, 15) is 0 Å². The fourth-order valence-corrected chi connectivity index (χ4v) is 2.61. The number of hydrogen-bond donors (Lipinski definition) is 1. The van der Waals surface area contributed by atoms with E-state index in [1.807, 2.05) is 18.5 Å². The maximum Gasteiger partial charge on any atom is 0.0556 e. The summed E-state index contributed by atoms with van der Waals surface area (Å²) >= 11 is 0. The van der Waals surface area contributed by atoms with Gasteiger partial charge in [-0.1, -0.05) is 20.3 Å². The summed E-state index contributed by atoms with van der Waals surface area (Å²) in [6, 6.07) is 5.43. The van der Waals surface area contributed by atoms with Crippen LogP contribution in [0.1, 0.15) is 33.1 Å². The van der Waals surface area contributed by atoms with Crippen LogP contribution >= 0.6 is 0 Å². The van der Waals surface area contributed by atoms with Gasteiger partial charge in [0.2, 0.25) is 0 Å². The van der Waals surface area contributed by atoms with Crippen molar-refractivity contribution >= 4 is 5.69 Å². The molecule has 1 aromatic rings. The first-order valence-corrected chi connectivity index (χ1v) is 6.75. The third-order valence-electron chi connectivity index (χ3n) is 3.59. The number of rotatable bonds is 4. The van der Waals surface area contributed by atoms with Gasteiger partial charge in [0.1, 0.15) is 0 Å². The molecule has 1 aromatic heterocycles. The molecule has 2 heterocycles. The molecule has 0 aromatic carbocycles. The van der Waals surface area contributed by atoms with E-state index < -0.39 is 0 Å². The van der Waals surface area contributed by atoms with Gasteiger partial charge in [-0.15, -0.1) is 0 Å². The first kappa shape index (κ1) is 12.4. The molecule has 2 atom stereocenters. The number of nitrogens with zero attached hydrogens (tertiary/aromatic N) is 2. The fourth-order valence-electron chi connectivity index (χ4n) is 2.61. The number of piperazine rings is 1. The summed E-state index contributed by atoms with van der Waals surface area (Å²) in [5.41, 5.74) is 1.27. The molecule has 1 aliphatic heterocycles. The van der Waals surface area contributed by atoms with Crippen molar-refractivity contribution in [3.8, 4) is 0 Å². The van der Waals surface area contributed by atoms with Crippen LogP contribution in [0.2, 0.25) is 0 Å². The Morgan fingerprint density at radius 1 is 1.47 bits per heavy atom. The fraction of sp³-hybridized carbons (Fsp3) is 0.643. The highest BCUT2D eigenvalue weighted by Gasteiger charge is 2.26. The summed E-state index contributed by atoms with van der Waals surface area (Å²) < 4.78 is 0. The van der Waals surface area contributed by atoms with Gasteiger partial charge >= 0.3 is 0 Å². The summed E-state index contributed by atoms with van der Waals surface area (Å²) in [5, 5.41) is 3.66. The van der Waals surface area contributed by atoms with Crippen molar-refractivity contribution in [2.45, 2.75) is 45.2 Å². The van der Waals surface area contributed by atoms with Crippen LogP contribution in [0.3, 0.4) is 0 Å². The maximum atomic E-state index is 4.24. The lowest BCUT2D eigenvalue weighted by Crippen LogP contribution is -2.56. The molecule has 2 unspecified atom stereocenters. The lowest BCUT2D eigenvalue weighted by Gasteiger charge is -2.41. The monoisotopic (exact) mass is 233 g/mol. The Labute approximate surface area is 104 Å². The van der Waals surface area contributed by atoms with Crippen LogP contribution < -0.4 is 10.2 Å². The molecule has 1 aliphatic rings. The predicted molar refractivity (Wildman–Crippen MR) is 72.4 cm³/mol. The Morgan fingerprint density at radius 2 is 2.35 bits per heavy atom. The number of hydrogen-bond acceptors (Lipinski definition) is 3. The molecule has 94 valence electrons. The zero-order valence-corrected chi connectivity index (χ0v) is 10.9. The number of nitrogens with one attached hydrogen (secondary N) is 1. The summed E-state index contributed by atoms with van der Waals surface area (Å²) in [6.07, 6.45) is 7.51. The first-order valence-electron chi connectivity index (χ1n) is 6.75. The van der Waals surface area contributed by atoms with Crippen LogP contribution in [0.4, 0.5) is 5.69 Å². The van der Waals surface area contributed by atoms with Crippen molar-refractivity contribution in [1.82, 2.24) is 10.3 Å². The first-order chi connectivity index (χ1) is 8.35. The number of anilines is 1. The molecule has 0 bridgehead atoms. The van der Waals surface area contributed by atoms with Crippen LogP contribution in [0.5, 0.6) is 0 Å². The minimum atomic E-state index is 0.604. The van der Waals surface area contributed by atoms with Gasteiger partial charge in [0.15, 0.2) is 0 Å². The van der Waals surface area contributed by atoms with Crippen molar-refractivity contribution in [1.29, 1.82) is 0 Å². The topological polar surface area (TPSA) is 28.2 Å². The van der Waals surface area contributed by atoms with Gasteiger partial charge < -0.3 is 10.2 Å². The largest absolute Gasteiger partial charge is 0.364 e. The highest BCUT2D eigenvalue weighted by Crippen LogP contribution is 2.21. The Balaban J connectivity index is 2.10. The van der Waals surface area contributed by atoms with Gasteiger partial charge in [0, 0.05) is 31.4 Å². The van der Waals surface area contributed by atoms with Crippen LogP contribution in [0.25, 0.3) is 0 Å². The van der Waals surface area contributed by atoms with Gasteiger partial charge in [-0.2, -0.15) is 0 Å². The molecular weight excluding hydrogens is 210 g/mol. The lowest BCUT2D eigenvalue weighted by molar-refractivity contribution is 0.369. The van der Waals surface area contributed by atoms with Gasteiger partial charge in [-0.05, 0) is 25.0 Å². The quantitative estimate of drug-likeness (QED) is 0.865. The van der Waals surface area contributed by atoms with E-state index in [-0.39, 0.29) is 0 Å². The van der Waals surface area contributed by atoms with Crippen molar-refractivity contribution in [2.75, 3.05) is 18.0 Å². The highest BCUT2D eigenvalue weighted by atomic mass is 15.2. The second-order valence-electron chi connectivity index (χ2n) is 4.82. The Hall–Kier alpha value is -1.09. The molecule has 3 nitrogen and oxygen atoms in total. The lowest BCUT2D eigenvalue weighted by atomic mass is 10.0. The Kier molecular flexibility index (Phi) is 4.37. The Morgan fingerprint density at radius 3 is 3.00 bits per heavy atom. The second kappa shape index (κ2) is 6.01. The van der Waals surface area contributed by atoms with E-state index in [0.29, 0.717) is 12.1 Å². The van der Waals surface area contributed by atoms with Crippen molar-refractivity contribution < 1.29 is 0 Å². The molecule has 3 heteroatoms. The van der Waals surface area contributed by atoms with Gasteiger partial charge in [0.05, 0.1) is 11.9 Å². The standard InChI is InChI=1S/C14H23N3/c1-3-6-12-11-17(13(4-2)10-16-12)14-7-5-8-15-9-14/h5,7-9,12-13,16H,3-4,6,10-11H2,1-2H3. The molecule has 1 N–H and O–H groups in total. The van der Waals surface area contributed by atoms with Crippen LogP contribution in [0.15, 0.2) is 24.5 Å². The van der Waals surface area contributed by atoms with E-state index in [2.05, 4.69) is 35.1 Å². The number of pyridine rings is 1. The highest BCUT2D eigenvalue weighted by molar-refractivity contribution is 5.45. The van der Waals surface area contributed by atoms with Crippen molar-refractivity contribution in [2.24, 2.45) is 0 Å². The SMILES string of the molecule is CCCC1CN(c2cccnc2)C(CC)CN1. The molecule has 0 saturated carbocycles. The molecular formula is C14H23N3. The second-order valence-corrected chi connectivity index (χ2v) is 4.82. The van der Waals surface area contributed by atoms with Crippen LogP contribution in [-0.2, 0) is 0 Å². The van der Waals surface area contributed by atoms with Gasteiger partial charge in [0.25, 0.3) is 0 Å². The van der Waals surface area contributed by atoms with E-state index in [4.69, 9.17) is 0 Å². The minimum absolute atomic E-state index is 0.604. The zero-order valence-electron chi connectivity index (χ0n) is 10.9. The predicted octanol–water partition coefficient (Wildman–Crippen LogP) is 2.44. The molecule has 0 amide bonds. The zero-order chi connectivity index (χ0) is 12.1. The van der Waals surface area contributed by atoms with Crippen LogP contribution in [-0.4, -0.2) is 30.2 Å². The smallest absolute Gasteiger partial charge is 0.0556 e. The summed E-state index contributed by atoms with van der Waals surface area (Å²) in [5.74, 6) is 0. The summed E-state index contributed by atoms with van der Waals surface area (Å²) in [7, 11) is 0. The molecule has 1 saturated heterocycles. The van der Waals surface area contributed by atoms with Gasteiger partial charge in [-0.25, -0.2) is 0 Å².